The Morgan fingerprint density at radius 3 is 1.29 bits per heavy atom. The molecule has 3 heterocycles. The summed E-state index contributed by atoms with van der Waals surface area (Å²) in [6.45, 7) is -1.84. The van der Waals surface area contributed by atoms with Gasteiger partial charge in [-0.25, -0.2) is 0 Å². The zero-order chi connectivity index (χ0) is 25.3. The van der Waals surface area contributed by atoms with Crippen LogP contribution in [0, 0.1) is 0 Å². The number of aliphatic hydroxyl groups is 11. The third kappa shape index (κ3) is 5.68. The van der Waals surface area contributed by atoms with Gasteiger partial charge in [0.05, 0.1) is 19.8 Å². The van der Waals surface area contributed by atoms with E-state index in [-0.39, 0.29) is 0 Å². The van der Waals surface area contributed by atoms with Crippen LogP contribution in [0.2, 0.25) is 0 Å². The standard InChI is InChI=1S/C18H32O16/c19-1-4-7(20)11(24)14(27)17(33-4)31-3-6-9(22)12(25)15(28)18(34-6)30-2-5-8(21)10(23)13(26)16(29)32-5/h4-29H,1-3H2/t4-,5-,6-,7-,8+,9+,10-,11+,12+,13-,14-,15-,16-,17-,18-/m0/s1. The van der Waals surface area contributed by atoms with Crippen molar-refractivity contribution < 1.29 is 79.9 Å². The average Bonchev–Trinajstić information content (AvgIpc) is 2.82. The largest absolute Gasteiger partial charge is 0.394 e. The fourth-order valence-electron chi connectivity index (χ4n) is 3.84. The maximum atomic E-state index is 10.2. The van der Waals surface area contributed by atoms with E-state index < -0.39 is 112 Å². The molecule has 34 heavy (non-hydrogen) atoms. The Hall–Kier alpha value is -0.640. The van der Waals surface area contributed by atoms with Crippen LogP contribution < -0.4 is 0 Å². The van der Waals surface area contributed by atoms with Gasteiger partial charge in [0.2, 0.25) is 0 Å². The third-order valence-corrected chi connectivity index (χ3v) is 6.05. The Bertz CT molecular complexity index is 639. The minimum Gasteiger partial charge on any atom is -0.394 e. The molecule has 0 aliphatic carbocycles. The van der Waals surface area contributed by atoms with Crippen LogP contribution in [0.25, 0.3) is 0 Å². The molecule has 3 aliphatic rings. The summed E-state index contributed by atoms with van der Waals surface area (Å²) in [5, 5.41) is 108. The van der Waals surface area contributed by atoms with Crippen molar-refractivity contribution in [1.29, 1.82) is 0 Å². The van der Waals surface area contributed by atoms with Crippen LogP contribution in [0.4, 0.5) is 0 Å². The van der Waals surface area contributed by atoms with Crippen molar-refractivity contribution in [3.05, 3.63) is 0 Å². The summed E-state index contributed by atoms with van der Waals surface area (Å²) < 4.78 is 26.1. The van der Waals surface area contributed by atoms with E-state index in [0.29, 0.717) is 0 Å². The number of ether oxygens (including phenoxy) is 5. The van der Waals surface area contributed by atoms with Gasteiger partial charge in [0.1, 0.15) is 73.2 Å². The summed E-state index contributed by atoms with van der Waals surface area (Å²) in [6.07, 6.45) is -24.4. The molecule has 3 fully saturated rings. The van der Waals surface area contributed by atoms with Gasteiger partial charge in [0.25, 0.3) is 0 Å². The molecule has 0 bridgehead atoms. The SMILES string of the molecule is OC[C@@H]1O[C@H](OC[C@@H]2O[C@H](OC[C@@H]3O[C@H](O)[C@@H](O)[C@@H](O)[C@@H]3O)[C@@H](O)[C@H](O)[C@@H]2O)[C@@H](O)[C@H](O)[C@H]1O. The molecule has 200 valence electrons. The Morgan fingerprint density at radius 2 is 0.824 bits per heavy atom. The Labute approximate surface area is 192 Å². The smallest absolute Gasteiger partial charge is 0.186 e. The second-order valence-electron chi connectivity index (χ2n) is 8.42. The molecule has 0 aromatic carbocycles. The first-order valence-electron chi connectivity index (χ1n) is 10.6. The first-order chi connectivity index (χ1) is 16.0. The molecule has 16 heteroatoms. The molecule has 0 saturated carbocycles. The number of hydrogen-bond acceptors (Lipinski definition) is 16. The van der Waals surface area contributed by atoms with Crippen molar-refractivity contribution >= 4 is 0 Å². The Kier molecular flexibility index (Phi) is 9.54. The minimum absolute atomic E-state index is 0.570. The van der Waals surface area contributed by atoms with Gasteiger partial charge in [-0.2, -0.15) is 0 Å². The van der Waals surface area contributed by atoms with Crippen LogP contribution in [0.5, 0.6) is 0 Å². The molecule has 0 spiro atoms. The average molecular weight is 504 g/mol. The van der Waals surface area contributed by atoms with E-state index in [0.717, 1.165) is 0 Å². The molecule has 0 aromatic heterocycles. The number of aliphatic hydroxyl groups excluding tert-OH is 11. The van der Waals surface area contributed by atoms with E-state index in [4.69, 9.17) is 23.7 Å². The first-order valence-corrected chi connectivity index (χ1v) is 10.6. The van der Waals surface area contributed by atoms with Crippen LogP contribution in [-0.2, 0) is 23.7 Å². The normalized spacial score (nSPS) is 52.5. The van der Waals surface area contributed by atoms with E-state index in [1.165, 1.54) is 0 Å². The summed E-state index contributed by atoms with van der Waals surface area (Å²) in [4.78, 5) is 0. The van der Waals surface area contributed by atoms with E-state index in [9.17, 15) is 56.2 Å². The van der Waals surface area contributed by atoms with Gasteiger partial charge in [0.15, 0.2) is 18.9 Å². The van der Waals surface area contributed by atoms with E-state index >= 15 is 0 Å². The molecule has 3 rings (SSSR count). The van der Waals surface area contributed by atoms with Gasteiger partial charge in [-0.1, -0.05) is 0 Å². The van der Waals surface area contributed by atoms with Crippen LogP contribution in [0.3, 0.4) is 0 Å². The van der Waals surface area contributed by atoms with Crippen molar-refractivity contribution in [3.63, 3.8) is 0 Å². The van der Waals surface area contributed by atoms with Crippen molar-refractivity contribution in [1.82, 2.24) is 0 Å². The van der Waals surface area contributed by atoms with Gasteiger partial charge in [-0.3, -0.25) is 0 Å². The van der Waals surface area contributed by atoms with Gasteiger partial charge >= 0.3 is 0 Å². The Morgan fingerprint density at radius 1 is 0.441 bits per heavy atom. The highest BCUT2D eigenvalue weighted by Gasteiger charge is 2.48. The molecule has 16 nitrogen and oxygen atoms in total. The molecular formula is C18H32O16. The lowest BCUT2D eigenvalue weighted by Gasteiger charge is -2.43. The summed E-state index contributed by atoms with van der Waals surface area (Å²) in [7, 11) is 0. The van der Waals surface area contributed by atoms with E-state index in [1.54, 1.807) is 0 Å². The molecule has 11 N–H and O–H groups in total. The first kappa shape index (κ1) is 27.9. The number of hydrogen-bond donors (Lipinski definition) is 11. The van der Waals surface area contributed by atoms with Crippen molar-refractivity contribution in [3.8, 4) is 0 Å². The van der Waals surface area contributed by atoms with Crippen LogP contribution in [0.1, 0.15) is 0 Å². The minimum atomic E-state index is -1.82. The fourth-order valence-corrected chi connectivity index (χ4v) is 3.84. The summed E-state index contributed by atoms with van der Waals surface area (Å²) >= 11 is 0. The second kappa shape index (κ2) is 11.6. The lowest BCUT2D eigenvalue weighted by Crippen LogP contribution is -2.62. The zero-order valence-electron chi connectivity index (χ0n) is 17.7. The fraction of sp³-hybridized carbons (Fsp3) is 1.00. The van der Waals surface area contributed by atoms with Gasteiger partial charge in [-0.05, 0) is 0 Å². The lowest BCUT2D eigenvalue weighted by atomic mass is 9.98. The molecule has 0 amide bonds. The second-order valence-corrected chi connectivity index (χ2v) is 8.42. The molecule has 3 saturated heterocycles. The zero-order valence-corrected chi connectivity index (χ0v) is 17.7. The lowest BCUT2D eigenvalue weighted by molar-refractivity contribution is -0.340. The monoisotopic (exact) mass is 504 g/mol. The highest BCUT2D eigenvalue weighted by molar-refractivity contribution is 4.92. The quantitative estimate of drug-likeness (QED) is 0.154. The highest BCUT2D eigenvalue weighted by Crippen LogP contribution is 2.27. The summed E-state index contributed by atoms with van der Waals surface area (Å²) in [6, 6.07) is 0. The summed E-state index contributed by atoms with van der Waals surface area (Å²) in [5.74, 6) is 0. The van der Waals surface area contributed by atoms with Crippen LogP contribution in [0.15, 0.2) is 0 Å². The predicted octanol–water partition coefficient (Wildman–Crippen LogP) is -7.57. The maximum absolute atomic E-state index is 10.2. The van der Waals surface area contributed by atoms with Gasteiger partial charge in [-0.15, -0.1) is 0 Å². The Balaban J connectivity index is 1.58. The molecule has 15 atom stereocenters. The van der Waals surface area contributed by atoms with Crippen molar-refractivity contribution in [2.24, 2.45) is 0 Å². The van der Waals surface area contributed by atoms with Crippen molar-refractivity contribution in [2.75, 3.05) is 19.8 Å². The molecule has 0 aromatic rings. The highest BCUT2D eigenvalue weighted by atomic mass is 16.7. The van der Waals surface area contributed by atoms with Gasteiger partial charge in [0, 0.05) is 0 Å². The third-order valence-electron chi connectivity index (χ3n) is 6.05. The van der Waals surface area contributed by atoms with E-state index in [1.807, 2.05) is 0 Å². The molecular weight excluding hydrogens is 472 g/mol. The summed E-state index contributed by atoms with van der Waals surface area (Å²) in [5.41, 5.74) is 0. The maximum Gasteiger partial charge on any atom is 0.186 e. The van der Waals surface area contributed by atoms with Crippen molar-refractivity contribution in [2.45, 2.75) is 92.1 Å². The predicted molar refractivity (Wildman–Crippen MR) is 101 cm³/mol. The van der Waals surface area contributed by atoms with Crippen LogP contribution in [-0.4, -0.2) is 168 Å². The molecule has 0 unspecified atom stereocenters. The number of rotatable bonds is 7. The van der Waals surface area contributed by atoms with Gasteiger partial charge < -0.3 is 79.9 Å². The molecule has 0 radical (unpaired) electrons. The molecule has 3 aliphatic heterocycles. The van der Waals surface area contributed by atoms with Crippen LogP contribution >= 0.6 is 0 Å². The topological polar surface area (TPSA) is 269 Å². The van der Waals surface area contributed by atoms with E-state index in [2.05, 4.69) is 0 Å².